The van der Waals surface area contributed by atoms with Crippen LogP contribution in [0.5, 0.6) is 0 Å². The summed E-state index contributed by atoms with van der Waals surface area (Å²) < 4.78 is 11.7. The van der Waals surface area contributed by atoms with Gasteiger partial charge in [-0.2, -0.15) is 0 Å². The molecule has 0 N–H and O–H groups in total. The Kier molecular flexibility index (Phi) is 6.46. The third kappa shape index (κ3) is 4.53. The number of hydrogen-bond acceptors (Lipinski definition) is 4. The van der Waals surface area contributed by atoms with E-state index in [9.17, 15) is 0 Å². The number of benzene rings is 9. The first kappa shape index (κ1) is 32.6. The first-order valence-corrected chi connectivity index (χ1v) is 20.6. The molecular weight excluding hydrogens is 747 g/mol. The smallest absolute Gasteiger partial charge is 0.164 e. The highest BCUT2D eigenvalue weighted by atomic mass is 16.3. The maximum Gasteiger partial charge on any atom is 0.164 e. The Hall–Kier alpha value is -8.35. The summed E-state index contributed by atoms with van der Waals surface area (Å²) >= 11 is 0. The van der Waals surface area contributed by atoms with Crippen molar-refractivity contribution in [3.05, 3.63) is 188 Å². The molecule has 0 fully saturated rings. The van der Waals surface area contributed by atoms with Gasteiger partial charge in [0.25, 0.3) is 0 Å². The fourth-order valence-corrected chi connectivity index (χ4v) is 10.0. The largest absolute Gasteiger partial charge is 0.456 e. The van der Waals surface area contributed by atoms with E-state index >= 15 is 0 Å². The van der Waals surface area contributed by atoms with Crippen LogP contribution in [0.3, 0.4) is 0 Å². The van der Waals surface area contributed by atoms with Crippen molar-refractivity contribution in [3.63, 3.8) is 0 Å². The maximum atomic E-state index is 6.80. The van der Waals surface area contributed by atoms with Gasteiger partial charge in [0, 0.05) is 59.8 Å². The lowest BCUT2D eigenvalue weighted by Gasteiger charge is -2.14. The average Bonchev–Trinajstić information content (AvgIpc) is 4.07. The molecule has 0 aliphatic rings. The first-order chi connectivity index (χ1) is 30.2. The summed E-state index contributed by atoms with van der Waals surface area (Å²) in [6.07, 6.45) is 0. The van der Waals surface area contributed by atoms with Gasteiger partial charge in [0.15, 0.2) is 17.5 Å². The Labute approximate surface area is 347 Å². The molecule has 6 nitrogen and oxygen atoms in total. The summed E-state index contributed by atoms with van der Waals surface area (Å²) in [4.78, 5) is 15.4. The summed E-state index contributed by atoms with van der Waals surface area (Å²) in [5.74, 6) is 1.79. The first-order valence-electron chi connectivity index (χ1n) is 20.6. The van der Waals surface area contributed by atoms with Crippen LogP contribution in [0.15, 0.2) is 192 Å². The molecule has 0 radical (unpaired) electrons. The maximum absolute atomic E-state index is 6.80. The molecule has 0 aliphatic carbocycles. The molecule has 5 aromatic heterocycles. The Bertz CT molecular complexity index is 4050. The number of nitrogens with zero attached hydrogens (tertiary/aromatic N) is 5. The van der Waals surface area contributed by atoms with Crippen LogP contribution in [0.2, 0.25) is 0 Å². The quantitative estimate of drug-likeness (QED) is 0.179. The molecule has 6 heteroatoms. The molecular formula is C55H31N5O. The van der Waals surface area contributed by atoms with Gasteiger partial charge in [-0.3, -0.25) is 0 Å². The molecule has 0 amide bonds. The Morgan fingerprint density at radius 3 is 1.70 bits per heavy atom. The number of hydrogen-bond donors (Lipinski definition) is 0. The van der Waals surface area contributed by atoms with E-state index in [1.54, 1.807) is 0 Å². The van der Waals surface area contributed by atoms with Gasteiger partial charge in [-0.25, -0.2) is 15.0 Å². The van der Waals surface area contributed by atoms with E-state index in [1.165, 1.54) is 59.6 Å². The van der Waals surface area contributed by atoms with Gasteiger partial charge < -0.3 is 13.4 Å². The standard InChI is InChI=1S/C55H31N5O/c1-3-15-33(16-4-1)53-56-54(34-17-5-2-6-18-34)58-55(57-53)35-28-47(50-41-21-10-12-25-48(41)61-49(50)29-35)60-46-31-45-42(30-43(46)40-27-26-32-14-7-8-19-36(32)51(40)60)39-23-13-22-38-37-20-9-11-24-44(37)59(45)52(38)39/h1-31H. The van der Waals surface area contributed by atoms with Crippen molar-refractivity contribution in [3.8, 4) is 39.9 Å². The molecule has 0 saturated heterocycles. The van der Waals surface area contributed by atoms with Crippen molar-refractivity contribution in [1.82, 2.24) is 23.9 Å². The van der Waals surface area contributed by atoms with Gasteiger partial charge in [-0.1, -0.05) is 152 Å². The molecule has 61 heavy (non-hydrogen) atoms. The fourth-order valence-electron chi connectivity index (χ4n) is 10.0. The van der Waals surface area contributed by atoms with Gasteiger partial charge in [0.05, 0.1) is 38.7 Å². The van der Waals surface area contributed by atoms with Crippen molar-refractivity contribution in [2.75, 3.05) is 0 Å². The van der Waals surface area contributed by atoms with Gasteiger partial charge in [-0.05, 0) is 41.8 Å². The summed E-state index contributed by atoms with van der Waals surface area (Å²) in [5, 5.41) is 11.8. The molecule has 0 atom stereocenters. The molecule has 14 aromatic rings. The van der Waals surface area contributed by atoms with Crippen LogP contribution >= 0.6 is 0 Å². The number of rotatable bonds is 4. The molecule has 5 heterocycles. The van der Waals surface area contributed by atoms with Crippen LogP contribution in [0.25, 0.3) is 132 Å². The van der Waals surface area contributed by atoms with Crippen LogP contribution in [0.1, 0.15) is 0 Å². The number of fused-ring (bicyclic) bond motifs is 14. The number of aromatic nitrogens is 5. The van der Waals surface area contributed by atoms with Crippen LogP contribution < -0.4 is 0 Å². The molecule has 0 aliphatic heterocycles. The lowest BCUT2D eigenvalue weighted by Crippen LogP contribution is -2.01. The molecule has 0 unspecified atom stereocenters. The van der Waals surface area contributed by atoms with E-state index in [0.717, 1.165) is 55.3 Å². The van der Waals surface area contributed by atoms with E-state index < -0.39 is 0 Å². The highest BCUT2D eigenvalue weighted by molar-refractivity contribution is 6.28. The predicted octanol–water partition coefficient (Wildman–Crippen LogP) is 14.2. The zero-order valence-electron chi connectivity index (χ0n) is 32.5. The zero-order valence-corrected chi connectivity index (χ0v) is 32.5. The Morgan fingerprint density at radius 1 is 0.344 bits per heavy atom. The SMILES string of the molecule is c1ccc(-c2nc(-c3ccccc3)nc(-c3cc(-n4c5cc6c(cc5c5ccc7ccccc7c54)c4cccc5c7ccccc7n6c54)c4c(c3)oc3ccccc34)n2)cc1. The minimum absolute atomic E-state index is 0.569. The average molecular weight is 778 g/mol. The van der Waals surface area contributed by atoms with Gasteiger partial charge in [-0.15, -0.1) is 0 Å². The highest BCUT2D eigenvalue weighted by Gasteiger charge is 2.25. The van der Waals surface area contributed by atoms with Crippen molar-refractivity contribution >= 4 is 92.6 Å². The summed E-state index contributed by atoms with van der Waals surface area (Å²) in [7, 11) is 0. The third-order valence-corrected chi connectivity index (χ3v) is 12.7. The van der Waals surface area contributed by atoms with Gasteiger partial charge in [0.1, 0.15) is 11.2 Å². The topological polar surface area (TPSA) is 61.2 Å². The molecule has 0 spiro atoms. The molecule has 282 valence electrons. The van der Waals surface area contributed by atoms with E-state index in [0.29, 0.717) is 17.5 Å². The van der Waals surface area contributed by atoms with Crippen LogP contribution in [0, 0.1) is 0 Å². The van der Waals surface area contributed by atoms with Crippen LogP contribution in [-0.4, -0.2) is 23.9 Å². The van der Waals surface area contributed by atoms with Crippen LogP contribution in [0.4, 0.5) is 0 Å². The molecule has 0 bridgehead atoms. The summed E-state index contributed by atoms with van der Waals surface area (Å²) in [6, 6.07) is 66.6. The summed E-state index contributed by atoms with van der Waals surface area (Å²) in [6.45, 7) is 0. The van der Waals surface area contributed by atoms with Crippen molar-refractivity contribution in [2.45, 2.75) is 0 Å². The number of para-hydroxylation sites is 3. The second-order valence-corrected chi connectivity index (χ2v) is 16.0. The highest BCUT2D eigenvalue weighted by Crippen LogP contribution is 2.46. The molecule has 14 rings (SSSR count). The minimum Gasteiger partial charge on any atom is -0.456 e. The molecule has 0 saturated carbocycles. The normalized spacial score (nSPS) is 12.3. The van der Waals surface area contributed by atoms with Crippen LogP contribution in [-0.2, 0) is 0 Å². The van der Waals surface area contributed by atoms with Crippen molar-refractivity contribution < 1.29 is 4.42 Å². The van der Waals surface area contributed by atoms with Gasteiger partial charge in [0.2, 0.25) is 0 Å². The second-order valence-electron chi connectivity index (χ2n) is 16.0. The van der Waals surface area contributed by atoms with E-state index in [1.807, 2.05) is 66.7 Å². The lowest BCUT2D eigenvalue weighted by molar-refractivity contribution is 0.669. The Morgan fingerprint density at radius 2 is 0.934 bits per heavy atom. The monoisotopic (exact) mass is 777 g/mol. The zero-order chi connectivity index (χ0) is 39.8. The predicted molar refractivity (Wildman–Crippen MR) is 250 cm³/mol. The third-order valence-electron chi connectivity index (χ3n) is 12.7. The van der Waals surface area contributed by atoms with E-state index in [-0.39, 0.29) is 0 Å². The number of furan rings is 1. The van der Waals surface area contributed by atoms with E-state index in [2.05, 4.69) is 130 Å². The Balaban J connectivity index is 1.16. The fraction of sp³-hybridized carbons (Fsp3) is 0. The minimum atomic E-state index is 0.569. The van der Waals surface area contributed by atoms with Crippen molar-refractivity contribution in [1.29, 1.82) is 0 Å². The second kappa shape index (κ2) is 12.1. The van der Waals surface area contributed by atoms with E-state index in [4.69, 9.17) is 19.4 Å². The van der Waals surface area contributed by atoms with Crippen molar-refractivity contribution in [2.24, 2.45) is 0 Å². The lowest BCUT2D eigenvalue weighted by atomic mass is 10.0. The molecule has 9 aromatic carbocycles. The van der Waals surface area contributed by atoms with Gasteiger partial charge >= 0.3 is 0 Å². The summed E-state index contributed by atoms with van der Waals surface area (Å²) in [5.41, 5.74) is 11.1.